The molecule has 2 heterocycles. The van der Waals surface area contributed by atoms with Gasteiger partial charge >= 0.3 is 6.03 Å². The molecular formula is C23H23N5O2. The maximum atomic E-state index is 12.7. The summed E-state index contributed by atoms with van der Waals surface area (Å²) in [7, 11) is 0. The van der Waals surface area contributed by atoms with E-state index in [0.717, 1.165) is 18.9 Å². The zero-order chi connectivity index (χ0) is 20.8. The highest BCUT2D eigenvalue weighted by atomic mass is 16.2. The highest BCUT2D eigenvalue weighted by Crippen LogP contribution is 2.18. The SMILES string of the molecule is O=C(Nc1cccc(NC(=O)N2CCN(c3ccccn3)CC2)c1)c1ccccc1. The number of hydrogen-bond donors (Lipinski definition) is 2. The van der Waals surface area contributed by atoms with Gasteiger partial charge in [-0.2, -0.15) is 0 Å². The first kappa shape index (κ1) is 19.4. The lowest BCUT2D eigenvalue weighted by Crippen LogP contribution is -2.50. The van der Waals surface area contributed by atoms with Gasteiger partial charge in [0, 0.05) is 49.3 Å². The molecule has 2 aromatic carbocycles. The Bertz CT molecular complexity index is 1000. The number of anilines is 3. The highest BCUT2D eigenvalue weighted by Gasteiger charge is 2.21. The van der Waals surface area contributed by atoms with Crippen LogP contribution in [0.25, 0.3) is 0 Å². The fourth-order valence-electron chi connectivity index (χ4n) is 3.35. The second kappa shape index (κ2) is 9.09. The summed E-state index contributed by atoms with van der Waals surface area (Å²) in [4.78, 5) is 33.3. The van der Waals surface area contributed by atoms with Crippen LogP contribution in [0.15, 0.2) is 79.0 Å². The number of piperazine rings is 1. The normalized spacial score (nSPS) is 13.6. The molecule has 1 saturated heterocycles. The summed E-state index contributed by atoms with van der Waals surface area (Å²) in [5.74, 6) is 0.740. The van der Waals surface area contributed by atoms with E-state index in [9.17, 15) is 9.59 Å². The van der Waals surface area contributed by atoms with Gasteiger partial charge in [-0.3, -0.25) is 4.79 Å². The van der Waals surface area contributed by atoms with E-state index in [0.29, 0.717) is 30.0 Å². The minimum atomic E-state index is -0.190. The van der Waals surface area contributed by atoms with Crippen LogP contribution in [-0.2, 0) is 0 Å². The average Bonchev–Trinajstić information content (AvgIpc) is 2.80. The minimum Gasteiger partial charge on any atom is -0.353 e. The van der Waals surface area contributed by atoms with E-state index in [1.54, 1.807) is 47.5 Å². The lowest BCUT2D eigenvalue weighted by atomic mass is 10.2. The van der Waals surface area contributed by atoms with Crippen LogP contribution in [-0.4, -0.2) is 48.0 Å². The first-order valence-corrected chi connectivity index (χ1v) is 9.87. The maximum Gasteiger partial charge on any atom is 0.321 e. The Hall–Kier alpha value is -3.87. The summed E-state index contributed by atoms with van der Waals surface area (Å²) in [6.07, 6.45) is 1.78. The van der Waals surface area contributed by atoms with Crippen molar-refractivity contribution in [3.05, 3.63) is 84.6 Å². The van der Waals surface area contributed by atoms with Crippen molar-refractivity contribution >= 4 is 29.1 Å². The fraction of sp³-hybridized carbons (Fsp3) is 0.174. The predicted octanol–water partition coefficient (Wildman–Crippen LogP) is 3.69. The molecule has 1 aromatic heterocycles. The number of urea groups is 1. The molecule has 0 aliphatic carbocycles. The largest absolute Gasteiger partial charge is 0.353 e. The van der Waals surface area contributed by atoms with Crippen LogP contribution >= 0.6 is 0 Å². The van der Waals surface area contributed by atoms with Crippen LogP contribution in [0.4, 0.5) is 22.0 Å². The number of rotatable bonds is 4. The number of amides is 3. The van der Waals surface area contributed by atoms with Crippen LogP contribution in [0.1, 0.15) is 10.4 Å². The van der Waals surface area contributed by atoms with Gasteiger partial charge in [0.25, 0.3) is 5.91 Å². The molecule has 152 valence electrons. The quantitative estimate of drug-likeness (QED) is 0.699. The standard InChI is InChI=1S/C23H23N5O2/c29-22(18-7-2-1-3-8-18)25-19-9-6-10-20(17-19)26-23(30)28-15-13-27(14-16-28)21-11-4-5-12-24-21/h1-12,17H,13-16H2,(H,25,29)(H,26,30). The van der Waals surface area contributed by atoms with Crippen molar-refractivity contribution in [1.82, 2.24) is 9.88 Å². The average molecular weight is 401 g/mol. The number of nitrogens with zero attached hydrogens (tertiary/aromatic N) is 3. The van der Waals surface area contributed by atoms with Crippen LogP contribution in [0.3, 0.4) is 0 Å². The predicted molar refractivity (Wildman–Crippen MR) is 118 cm³/mol. The van der Waals surface area contributed by atoms with Gasteiger partial charge < -0.3 is 20.4 Å². The second-order valence-electron chi connectivity index (χ2n) is 6.99. The van der Waals surface area contributed by atoms with Crippen molar-refractivity contribution in [3.8, 4) is 0 Å². The van der Waals surface area contributed by atoms with Gasteiger partial charge in [-0.15, -0.1) is 0 Å². The lowest BCUT2D eigenvalue weighted by molar-refractivity contribution is 0.102. The molecule has 2 N–H and O–H groups in total. The Morgan fingerprint density at radius 3 is 2.17 bits per heavy atom. The Morgan fingerprint density at radius 2 is 1.47 bits per heavy atom. The van der Waals surface area contributed by atoms with Gasteiger partial charge in [0.1, 0.15) is 5.82 Å². The van der Waals surface area contributed by atoms with E-state index in [4.69, 9.17) is 0 Å². The molecule has 7 heteroatoms. The molecular weight excluding hydrogens is 378 g/mol. The molecule has 0 atom stereocenters. The van der Waals surface area contributed by atoms with Crippen LogP contribution < -0.4 is 15.5 Å². The molecule has 0 unspecified atom stereocenters. The lowest BCUT2D eigenvalue weighted by Gasteiger charge is -2.35. The zero-order valence-electron chi connectivity index (χ0n) is 16.5. The topological polar surface area (TPSA) is 77.6 Å². The van der Waals surface area contributed by atoms with Gasteiger partial charge in [0.05, 0.1) is 0 Å². The third kappa shape index (κ3) is 4.75. The van der Waals surface area contributed by atoms with Gasteiger partial charge in [0.2, 0.25) is 0 Å². The summed E-state index contributed by atoms with van der Waals surface area (Å²) in [6, 6.07) is 21.8. The monoisotopic (exact) mass is 401 g/mol. The molecule has 0 bridgehead atoms. The van der Waals surface area contributed by atoms with Gasteiger partial charge in [-0.05, 0) is 42.5 Å². The smallest absolute Gasteiger partial charge is 0.321 e. The number of hydrogen-bond acceptors (Lipinski definition) is 4. The van der Waals surface area contributed by atoms with Gasteiger partial charge in [-0.1, -0.05) is 30.3 Å². The second-order valence-corrected chi connectivity index (χ2v) is 6.99. The molecule has 1 aliphatic heterocycles. The molecule has 3 amide bonds. The number of carbonyl (C=O) groups excluding carboxylic acids is 2. The zero-order valence-corrected chi connectivity index (χ0v) is 16.5. The first-order chi connectivity index (χ1) is 14.7. The number of nitrogens with one attached hydrogen (secondary N) is 2. The molecule has 0 saturated carbocycles. The van der Waals surface area contributed by atoms with Crippen molar-refractivity contribution < 1.29 is 9.59 Å². The highest BCUT2D eigenvalue weighted by molar-refractivity contribution is 6.04. The molecule has 3 aromatic rings. The van der Waals surface area contributed by atoms with Gasteiger partial charge in [0.15, 0.2) is 0 Å². The van der Waals surface area contributed by atoms with E-state index in [2.05, 4.69) is 20.5 Å². The van der Waals surface area contributed by atoms with Crippen molar-refractivity contribution in [2.75, 3.05) is 41.7 Å². The first-order valence-electron chi connectivity index (χ1n) is 9.87. The number of carbonyl (C=O) groups is 2. The van der Waals surface area contributed by atoms with Crippen molar-refractivity contribution in [1.29, 1.82) is 0 Å². The maximum absolute atomic E-state index is 12.7. The summed E-state index contributed by atoms with van der Waals surface area (Å²) in [5, 5.41) is 5.78. The van der Waals surface area contributed by atoms with Crippen molar-refractivity contribution in [3.63, 3.8) is 0 Å². The summed E-state index contributed by atoms with van der Waals surface area (Å²) in [6.45, 7) is 2.70. The van der Waals surface area contributed by atoms with E-state index in [1.165, 1.54) is 0 Å². The summed E-state index contributed by atoms with van der Waals surface area (Å²) < 4.78 is 0. The molecule has 30 heavy (non-hydrogen) atoms. The summed E-state index contributed by atoms with van der Waals surface area (Å²) >= 11 is 0. The third-order valence-electron chi connectivity index (χ3n) is 4.95. The van der Waals surface area contributed by atoms with Crippen LogP contribution in [0, 0.1) is 0 Å². The molecule has 0 spiro atoms. The Kier molecular flexibility index (Phi) is 5.89. The number of benzene rings is 2. The van der Waals surface area contributed by atoms with Crippen molar-refractivity contribution in [2.45, 2.75) is 0 Å². The summed E-state index contributed by atoms with van der Waals surface area (Å²) in [5.41, 5.74) is 1.84. The van der Waals surface area contributed by atoms with Crippen molar-refractivity contribution in [2.24, 2.45) is 0 Å². The molecule has 1 aliphatic rings. The van der Waals surface area contributed by atoms with E-state index in [1.807, 2.05) is 36.4 Å². The van der Waals surface area contributed by atoms with Crippen LogP contribution in [0.2, 0.25) is 0 Å². The van der Waals surface area contributed by atoms with E-state index < -0.39 is 0 Å². The molecule has 1 fully saturated rings. The molecule has 0 radical (unpaired) electrons. The number of aromatic nitrogens is 1. The van der Waals surface area contributed by atoms with Gasteiger partial charge in [-0.25, -0.2) is 9.78 Å². The Balaban J connectivity index is 1.33. The van der Waals surface area contributed by atoms with E-state index >= 15 is 0 Å². The van der Waals surface area contributed by atoms with E-state index in [-0.39, 0.29) is 11.9 Å². The molecule has 7 nitrogen and oxygen atoms in total. The minimum absolute atomic E-state index is 0.151. The van der Waals surface area contributed by atoms with Crippen LogP contribution in [0.5, 0.6) is 0 Å². The Morgan fingerprint density at radius 1 is 0.767 bits per heavy atom. The number of pyridine rings is 1. The molecule has 4 rings (SSSR count). The Labute approximate surface area is 175 Å². The third-order valence-corrected chi connectivity index (χ3v) is 4.95. The fourth-order valence-corrected chi connectivity index (χ4v) is 3.35.